The van der Waals surface area contributed by atoms with Crippen molar-refractivity contribution in [2.24, 2.45) is 0 Å². The molecule has 0 unspecified atom stereocenters. The van der Waals surface area contributed by atoms with Crippen LogP contribution in [0, 0.1) is 0 Å². The summed E-state index contributed by atoms with van der Waals surface area (Å²) >= 11 is 0. The van der Waals surface area contributed by atoms with Crippen LogP contribution in [0.3, 0.4) is 0 Å². The molecule has 35 heavy (non-hydrogen) atoms. The van der Waals surface area contributed by atoms with Crippen molar-refractivity contribution in [3.63, 3.8) is 0 Å². The highest BCUT2D eigenvalue weighted by Crippen LogP contribution is 2.43. The lowest BCUT2D eigenvalue weighted by atomic mass is 9.89. The average Bonchev–Trinajstić information content (AvgIpc) is 3.45. The Morgan fingerprint density at radius 3 is 2.14 bits per heavy atom. The lowest BCUT2D eigenvalue weighted by Gasteiger charge is -2.13. The molecule has 0 radical (unpaired) electrons. The summed E-state index contributed by atoms with van der Waals surface area (Å²) in [6.07, 6.45) is 0. The highest BCUT2D eigenvalue weighted by atomic mass is 16.3. The Balaban J connectivity index is 1.71. The first-order valence-electron chi connectivity index (χ1n) is 16.6. The monoisotopic (exact) mass is 455 g/mol. The molecular weight excluding hydrogens is 424 g/mol. The van der Waals surface area contributed by atoms with Crippen LogP contribution in [0.15, 0.2) is 125 Å². The van der Waals surface area contributed by atoms with Gasteiger partial charge in [-0.3, -0.25) is 0 Å². The Kier molecular flexibility index (Phi) is 2.22. The van der Waals surface area contributed by atoms with Gasteiger partial charge in [-0.15, -0.1) is 0 Å². The minimum atomic E-state index is -0.588. The second-order valence-electron chi connectivity index (χ2n) is 8.44. The Labute approximate surface area is 217 Å². The molecule has 0 spiro atoms. The SMILES string of the molecule is [2H]c1c([2H])c([2H])c2c([2H])c3c(c(-c4cccc5oc6c7ccccc7ccc6c45)c([2H])c4c([2H])c([2H])c([2H])c([2H])c43)c([2H])c2c1[2H]. The highest BCUT2D eigenvalue weighted by molar-refractivity contribution is 6.23. The van der Waals surface area contributed by atoms with E-state index >= 15 is 0 Å². The van der Waals surface area contributed by atoms with E-state index in [1.54, 1.807) is 18.2 Å². The van der Waals surface area contributed by atoms with Crippen molar-refractivity contribution in [1.29, 1.82) is 0 Å². The van der Waals surface area contributed by atoms with Gasteiger partial charge in [0.05, 0.1) is 15.1 Å². The van der Waals surface area contributed by atoms with E-state index in [1.165, 1.54) is 0 Å². The van der Waals surface area contributed by atoms with E-state index in [0.717, 1.165) is 10.8 Å². The average molecular weight is 456 g/mol. The molecule has 0 saturated heterocycles. The zero-order valence-electron chi connectivity index (χ0n) is 29.1. The van der Waals surface area contributed by atoms with Gasteiger partial charge in [0.2, 0.25) is 0 Å². The third-order valence-electron chi connectivity index (χ3n) is 6.53. The molecule has 0 fully saturated rings. The van der Waals surface area contributed by atoms with Crippen molar-refractivity contribution in [2.75, 3.05) is 0 Å². The van der Waals surface area contributed by atoms with Gasteiger partial charge in [0.15, 0.2) is 0 Å². The largest absolute Gasteiger partial charge is 0.455 e. The minimum absolute atomic E-state index is 0.0206. The predicted molar refractivity (Wildman–Crippen MR) is 149 cm³/mol. The lowest BCUT2D eigenvalue weighted by Crippen LogP contribution is -1.87. The molecule has 7 aromatic carbocycles. The second kappa shape index (κ2) is 6.94. The van der Waals surface area contributed by atoms with Crippen LogP contribution < -0.4 is 0 Å². The van der Waals surface area contributed by atoms with E-state index in [1.807, 2.05) is 36.4 Å². The molecule has 0 aliphatic heterocycles. The van der Waals surface area contributed by atoms with E-state index in [4.69, 9.17) is 15.4 Å². The molecule has 0 aliphatic carbocycles. The number of hydrogen-bond donors (Lipinski definition) is 0. The zero-order valence-corrected chi connectivity index (χ0v) is 18.1. The predicted octanol–water partition coefficient (Wildman–Crippen LogP) is 9.87. The van der Waals surface area contributed by atoms with Crippen LogP contribution in [-0.2, 0) is 0 Å². The lowest BCUT2D eigenvalue weighted by molar-refractivity contribution is 0.673. The molecule has 8 rings (SSSR count). The quantitative estimate of drug-likeness (QED) is 0.177. The molecule has 1 aromatic heterocycles. The second-order valence-corrected chi connectivity index (χ2v) is 8.44. The minimum Gasteiger partial charge on any atom is -0.455 e. The van der Waals surface area contributed by atoms with Crippen LogP contribution in [0.25, 0.3) is 76.2 Å². The van der Waals surface area contributed by atoms with Gasteiger partial charge >= 0.3 is 0 Å². The van der Waals surface area contributed by atoms with Crippen LogP contribution in [0.1, 0.15) is 15.1 Å². The zero-order chi connectivity index (χ0) is 32.5. The fraction of sp³-hybridized carbons (Fsp3) is 0. The smallest absolute Gasteiger partial charge is 0.143 e. The Bertz CT molecular complexity index is 2710. The van der Waals surface area contributed by atoms with Crippen molar-refractivity contribution < 1.29 is 19.5 Å². The summed E-state index contributed by atoms with van der Waals surface area (Å²) in [6, 6.07) is 11.4. The summed E-state index contributed by atoms with van der Waals surface area (Å²) in [7, 11) is 0. The molecule has 0 atom stereocenters. The molecule has 1 heterocycles. The van der Waals surface area contributed by atoms with Crippen LogP contribution in [0.2, 0.25) is 0 Å². The van der Waals surface area contributed by atoms with E-state index in [2.05, 4.69) is 0 Å². The number of furan rings is 1. The fourth-order valence-corrected chi connectivity index (χ4v) is 5.00. The van der Waals surface area contributed by atoms with E-state index in [0.29, 0.717) is 27.5 Å². The standard InChI is InChI=1S/C34H20O/c1-2-10-23-19-31-29(18-22(23)9-1)25-12-5-4-11-24(25)20-30(31)27-14-7-15-32-33(27)28-17-16-21-8-3-6-13-26(21)34(28)35-32/h1-20H/i1D,2D,4D,5D,9D,10D,11D,12D,18D,19D,20D. The Morgan fingerprint density at radius 2 is 1.26 bits per heavy atom. The topological polar surface area (TPSA) is 13.1 Å². The number of benzene rings is 7. The summed E-state index contributed by atoms with van der Waals surface area (Å²) in [4.78, 5) is 0. The van der Waals surface area contributed by atoms with Gasteiger partial charge in [-0.25, -0.2) is 0 Å². The summed E-state index contributed by atoms with van der Waals surface area (Å²) in [5.74, 6) is 0. The first-order chi connectivity index (χ1) is 22.0. The van der Waals surface area contributed by atoms with Crippen LogP contribution in [0.5, 0.6) is 0 Å². The summed E-state index contributed by atoms with van der Waals surface area (Å²) < 4.78 is 103. The summed E-state index contributed by atoms with van der Waals surface area (Å²) in [5, 5.41) is 2.26. The third-order valence-corrected chi connectivity index (χ3v) is 6.53. The molecule has 0 bridgehead atoms. The first-order valence-corrected chi connectivity index (χ1v) is 11.1. The van der Waals surface area contributed by atoms with Gasteiger partial charge in [-0.05, 0) is 79.1 Å². The molecular formula is C34H20O. The maximum atomic E-state index is 9.50. The van der Waals surface area contributed by atoms with Crippen molar-refractivity contribution >= 4 is 65.0 Å². The molecule has 0 N–H and O–H groups in total. The Morgan fingerprint density at radius 1 is 0.486 bits per heavy atom. The summed E-state index contributed by atoms with van der Waals surface area (Å²) in [5.41, 5.74) is 1.60. The number of fused-ring (bicyclic) bond motifs is 9. The highest BCUT2D eigenvalue weighted by Gasteiger charge is 2.17. The first kappa shape index (κ1) is 11.2. The summed E-state index contributed by atoms with van der Waals surface area (Å²) in [6.45, 7) is 0. The van der Waals surface area contributed by atoms with E-state index < -0.39 is 54.4 Å². The maximum absolute atomic E-state index is 9.50. The normalized spacial score (nSPS) is 16.4. The van der Waals surface area contributed by atoms with Crippen molar-refractivity contribution in [1.82, 2.24) is 0 Å². The molecule has 1 nitrogen and oxygen atoms in total. The van der Waals surface area contributed by atoms with Gasteiger partial charge in [0, 0.05) is 16.2 Å². The van der Waals surface area contributed by atoms with Gasteiger partial charge < -0.3 is 4.42 Å². The van der Waals surface area contributed by atoms with Gasteiger partial charge in [0.25, 0.3) is 0 Å². The van der Waals surface area contributed by atoms with E-state index in [-0.39, 0.29) is 50.0 Å². The van der Waals surface area contributed by atoms with Gasteiger partial charge in [-0.2, -0.15) is 0 Å². The molecule has 0 saturated carbocycles. The van der Waals surface area contributed by atoms with Crippen molar-refractivity contribution in [3.8, 4) is 11.1 Å². The molecule has 8 aromatic rings. The van der Waals surface area contributed by atoms with Crippen molar-refractivity contribution in [3.05, 3.63) is 121 Å². The Hall–Kier alpha value is -4.62. The third kappa shape index (κ3) is 2.64. The molecule has 1 heteroatoms. The van der Waals surface area contributed by atoms with Gasteiger partial charge in [0.1, 0.15) is 11.2 Å². The van der Waals surface area contributed by atoms with Crippen LogP contribution >= 0.6 is 0 Å². The van der Waals surface area contributed by atoms with Crippen LogP contribution in [0.4, 0.5) is 0 Å². The number of rotatable bonds is 1. The van der Waals surface area contributed by atoms with E-state index in [9.17, 15) is 4.11 Å². The molecule has 0 aliphatic rings. The molecule has 162 valence electrons. The van der Waals surface area contributed by atoms with Crippen LogP contribution in [-0.4, -0.2) is 0 Å². The molecule has 0 amide bonds. The number of hydrogen-bond acceptors (Lipinski definition) is 1. The maximum Gasteiger partial charge on any atom is 0.143 e. The van der Waals surface area contributed by atoms with Crippen molar-refractivity contribution in [2.45, 2.75) is 0 Å². The van der Waals surface area contributed by atoms with Gasteiger partial charge in [-0.1, -0.05) is 90.8 Å². The fourth-order valence-electron chi connectivity index (χ4n) is 5.00.